The molecule has 0 aliphatic rings. The maximum Gasteiger partial charge on any atom is 0.326 e. The summed E-state index contributed by atoms with van der Waals surface area (Å²) in [7, 11) is 0. The number of rotatable bonds is 9. The number of hydrogen-bond acceptors (Lipinski definition) is 4. The Morgan fingerprint density at radius 1 is 1.08 bits per heavy atom. The third-order valence-corrected chi connectivity index (χ3v) is 4.22. The first-order valence-corrected chi connectivity index (χ1v) is 9.29. The number of ether oxygens (including phenoxy) is 1. The number of carbonyl (C=O) groups is 2. The summed E-state index contributed by atoms with van der Waals surface area (Å²) in [5.41, 5.74) is 2.16. The minimum Gasteiger partial charge on any atom is -0.484 e. The van der Waals surface area contributed by atoms with Crippen LogP contribution in [0.3, 0.4) is 0 Å². The Hall–Kier alpha value is -2.47. The number of carboxylic acid groups (broad SMARTS) is 1. The Bertz CT molecular complexity index is 688. The minimum atomic E-state index is -1.03. The maximum atomic E-state index is 11.9. The smallest absolute Gasteiger partial charge is 0.326 e. The van der Waals surface area contributed by atoms with Gasteiger partial charge >= 0.3 is 5.97 Å². The van der Waals surface area contributed by atoms with Crippen LogP contribution in [-0.2, 0) is 9.59 Å². The quantitative estimate of drug-likeness (QED) is 0.720. The van der Waals surface area contributed by atoms with Crippen LogP contribution in [0, 0.1) is 0 Å². The van der Waals surface area contributed by atoms with E-state index in [2.05, 4.69) is 5.32 Å². The highest BCUT2D eigenvalue weighted by Crippen LogP contribution is 2.21. The molecule has 6 heteroatoms. The molecular formula is C19H21NO4S. The average molecular weight is 359 g/mol. The minimum absolute atomic E-state index is 0.215. The van der Waals surface area contributed by atoms with Gasteiger partial charge in [-0.05, 0) is 41.7 Å². The fourth-order valence-electron chi connectivity index (χ4n) is 2.25. The molecule has 132 valence electrons. The van der Waals surface area contributed by atoms with Gasteiger partial charge in [-0.3, -0.25) is 4.79 Å². The molecule has 0 fully saturated rings. The lowest BCUT2D eigenvalue weighted by molar-refractivity contribution is -0.142. The highest BCUT2D eigenvalue weighted by molar-refractivity contribution is 7.98. The van der Waals surface area contributed by atoms with Crippen molar-refractivity contribution in [1.82, 2.24) is 5.32 Å². The highest BCUT2D eigenvalue weighted by atomic mass is 32.2. The molecule has 0 aromatic heterocycles. The Morgan fingerprint density at radius 3 is 2.32 bits per heavy atom. The molecule has 1 amide bonds. The van der Waals surface area contributed by atoms with Crippen LogP contribution in [-0.4, -0.2) is 41.6 Å². The van der Waals surface area contributed by atoms with Gasteiger partial charge in [-0.15, -0.1) is 0 Å². The average Bonchev–Trinajstić information content (AvgIpc) is 2.64. The molecule has 0 unspecified atom stereocenters. The van der Waals surface area contributed by atoms with E-state index in [0.717, 1.165) is 11.1 Å². The number of nitrogens with one attached hydrogen (secondary N) is 1. The standard InChI is InChI=1S/C19H21NO4S/c1-25-12-11-17(19(22)23)20-18(21)13-24-16-9-7-15(8-10-16)14-5-3-2-4-6-14/h2-10,17H,11-13H2,1H3,(H,20,21)(H,22,23)/t17-/m0/s1. The highest BCUT2D eigenvalue weighted by Gasteiger charge is 2.19. The number of thioether (sulfide) groups is 1. The molecule has 2 N–H and O–H groups in total. The fourth-order valence-corrected chi connectivity index (χ4v) is 2.72. The van der Waals surface area contributed by atoms with Gasteiger partial charge in [0.1, 0.15) is 11.8 Å². The van der Waals surface area contributed by atoms with Gasteiger partial charge in [0.25, 0.3) is 5.91 Å². The van der Waals surface area contributed by atoms with Crippen molar-refractivity contribution >= 4 is 23.6 Å². The van der Waals surface area contributed by atoms with Gasteiger partial charge in [0, 0.05) is 0 Å². The van der Waals surface area contributed by atoms with E-state index in [9.17, 15) is 9.59 Å². The summed E-state index contributed by atoms with van der Waals surface area (Å²) < 4.78 is 5.43. The van der Waals surface area contributed by atoms with Crippen molar-refractivity contribution in [2.24, 2.45) is 0 Å². The van der Waals surface area contributed by atoms with Crippen molar-refractivity contribution in [1.29, 1.82) is 0 Å². The number of amides is 1. The zero-order valence-corrected chi connectivity index (χ0v) is 14.8. The van der Waals surface area contributed by atoms with E-state index in [1.807, 2.05) is 48.7 Å². The van der Waals surface area contributed by atoms with Crippen LogP contribution >= 0.6 is 11.8 Å². The van der Waals surface area contributed by atoms with Crippen LogP contribution in [0.1, 0.15) is 6.42 Å². The number of carbonyl (C=O) groups excluding carboxylic acids is 1. The third kappa shape index (κ3) is 6.15. The normalized spacial score (nSPS) is 11.6. The number of benzene rings is 2. The van der Waals surface area contributed by atoms with Crippen molar-refractivity contribution < 1.29 is 19.4 Å². The molecule has 25 heavy (non-hydrogen) atoms. The van der Waals surface area contributed by atoms with Gasteiger partial charge in [0.05, 0.1) is 0 Å². The van der Waals surface area contributed by atoms with Crippen LogP contribution in [0.4, 0.5) is 0 Å². The summed E-state index contributed by atoms with van der Waals surface area (Å²) in [4.78, 5) is 23.0. The lowest BCUT2D eigenvalue weighted by Gasteiger charge is -2.14. The summed E-state index contributed by atoms with van der Waals surface area (Å²) in [6.07, 6.45) is 2.27. The van der Waals surface area contributed by atoms with Gasteiger partial charge in [0.2, 0.25) is 0 Å². The van der Waals surface area contributed by atoms with Crippen molar-refractivity contribution in [2.45, 2.75) is 12.5 Å². The van der Waals surface area contributed by atoms with E-state index in [1.165, 1.54) is 11.8 Å². The molecule has 2 aromatic carbocycles. The van der Waals surface area contributed by atoms with Gasteiger partial charge in [-0.1, -0.05) is 42.5 Å². The molecule has 5 nitrogen and oxygen atoms in total. The number of carboxylic acids is 1. The topological polar surface area (TPSA) is 75.6 Å². The van der Waals surface area contributed by atoms with Crippen molar-refractivity contribution in [3.8, 4) is 16.9 Å². The van der Waals surface area contributed by atoms with Crippen molar-refractivity contribution in [3.05, 3.63) is 54.6 Å². The monoisotopic (exact) mass is 359 g/mol. The second kappa shape index (κ2) is 9.74. The van der Waals surface area contributed by atoms with Crippen LogP contribution in [0.25, 0.3) is 11.1 Å². The predicted molar refractivity (Wildman–Crippen MR) is 99.9 cm³/mol. The van der Waals surface area contributed by atoms with Gasteiger partial charge in [-0.25, -0.2) is 4.79 Å². The lowest BCUT2D eigenvalue weighted by atomic mass is 10.1. The predicted octanol–water partition coefficient (Wildman–Crippen LogP) is 3.05. The summed E-state index contributed by atoms with van der Waals surface area (Å²) in [6, 6.07) is 16.5. The Morgan fingerprint density at radius 2 is 1.72 bits per heavy atom. The van der Waals surface area contributed by atoms with E-state index < -0.39 is 17.9 Å². The summed E-state index contributed by atoms with van der Waals surface area (Å²) >= 11 is 1.54. The Kier molecular flexibility index (Phi) is 7.35. The molecule has 0 spiro atoms. The largest absolute Gasteiger partial charge is 0.484 e. The molecule has 0 bridgehead atoms. The van der Waals surface area contributed by atoms with Crippen molar-refractivity contribution in [2.75, 3.05) is 18.6 Å². The van der Waals surface area contributed by atoms with E-state index in [4.69, 9.17) is 9.84 Å². The molecular weight excluding hydrogens is 338 g/mol. The third-order valence-electron chi connectivity index (χ3n) is 3.58. The van der Waals surface area contributed by atoms with Gasteiger partial charge in [-0.2, -0.15) is 11.8 Å². The van der Waals surface area contributed by atoms with Gasteiger partial charge in [0.15, 0.2) is 6.61 Å². The Balaban J connectivity index is 1.86. The molecule has 0 radical (unpaired) electrons. The van der Waals surface area contributed by atoms with Crippen LogP contribution < -0.4 is 10.1 Å². The van der Waals surface area contributed by atoms with E-state index >= 15 is 0 Å². The second-order valence-electron chi connectivity index (χ2n) is 5.42. The zero-order valence-electron chi connectivity index (χ0n) is 14.0. The van der Waals surface area contributed by atoms with E-state index in [-0.39, 0.29) is 6.61 Å². The fraction of sp³-hybridized carbons (Fsp3) is 0.263. The summed E-state index contributed by atoms with van der Waals surface area (Å²) in [5.74, 6) is -0.250. The lowest BCUT2D eigenvalue weighted by Crippen LogP contribution is -2.43. The maximum absolute atomic E-state index is 11.9. The molecule has 0 heterocycles. The first kappa shape index (κ1) is 18.9. The second-order valence-corrected chi connectivity index (χ2v) is 6.40. The molecule has 1 atom stereocenters. The summed E-state index contributed by atoms with van der Waals surface area (Å²) in [6.45, 7) is -0.215. The SMILES string of the molecule is CSCC[C@H](NC(=O)COc1ccc(-c2ccccc2)cc1)C(=O)O. The molecule has 0 aliphatic carbocycles. The molecule has 0 aliphatic heterocycles. The molecule has 0 saturated heterocycles. The van der Waals surface area contributed by atoms with Gasteiger partial charge < -0.3 is 15.2 Å². The molecule has 0 saturated carbocycles. The molecule has 2 rings (SSSR count). The first-order valence-electron chi connectivity index (χ1n) is 7.89. The van der Waals surface area contributed by atoms with E-state index in [0.29, 0.717) is 17.9 Å². The van der Waals surface area contributed by atoms with Crippen LogP contribution in [0.5, 0.6) is 5.75 Å². The van der Waals surface area contributed by atoms with Crippen molar-refractivity contribution in [3.63, 3.8) is 0 Å². The first-order chi connectivity index (χ1) is 12.1. The number of hydrogen-bond donors (Lipinski definition) is 2. The summed E-state index contributed by atoms with van der Waals surface area (Å²) in [5, 5.41) is 11.6. The zero-order chi connectivity index (χ0) is 18.1. The Labute approximate surface area is 151 Å². The van der Waals surface area contributed by atoms with Crippen LogP contribution in [0.2, 0.25) is 0 Å². The molecule has 2 aromatic rings. The van der Waals surface area contributed by atoms with E-state index in [1.54, 1.807) is 12.1 Å². The van der Waals surface area contributed by atoms with Crippen LogP contribution in [0.15, 0.2) is 54.6 Å². The number of aliphatic carboxylic acids is 1.